The van der Waals surface area contributed by atoms with Crippen molar-refractivity contribution in [3.63, 3.8) is 0 Å². The number of anilines is 1. The van der Waals surface area contributed by atoms with E-state index in [9.17, 15) is 0 Å². The molecule has 0 atom stereocenters. The predicted octanol–water partition coefficient (Wildman–Crippen LogP) is 0.907. The van der Waals surface area contributed by atoms with Crippen molar-refractivity contribution < 1.29 is 0 Å². The number of rotatable bonds is 2. The molecule has 0 spiro atoms. The molecule has 2 N–H and O–H groups in total. The third-order valence-corrected chi connectivity index (χ3v) is 3.00. The highest BCUT2D eigenvalue weighted by molar-refractivity contribution is 5.63. The molecule has 0 aliphatic carbocycles. The van der Waals surface area contributed by atoms with Crippen LogP contribution in [0.4, 0.5) is 5.69 Å². The van der Waals surface area contributed by atoms with E-state index in [1.807, 2.05) is 18.3 Å². The van der Waals surface area contributed by atoms with Crippen molar-refractivity contribution in [2.24, 2.45) is 0 Å². The molecule has 16 heavy (non-hydrogen) atoms. The average Bonchev–Trinajstić information content (AvgIpc) is 2.88. The number of hydrogen-bond donors (Lipinski definition) is 1. The molecular formula is C11H15N5. The van der Waals surface area contributed by atoms with Crippen LogP contribution in [0.25, 0.3) is 5.65 Å². The monoisotopic (exact) mass is 217 g/mol. The van der Waals surface area contributed by atoms with E-state index in [0.29, 0.717) is 5.69 Å². The van der Waals surface area contributed by atoms with Gasteiger partial charge in [0.25, 0.3) is 0 Å². The lowest BCUT2D eigenvalue weighted by Crippen LogP contribution is -2.19. The third kappa shape index (κ3) is 1.63. The predicted molar refractivity (Wildman–Crippen MR) is 61.9 cm³/mol. The number of likely N-dealkylation sites (tertiary alicyclic amines) is 1. The zero-order valence-electron chi connectivity index (χ0n) is 9.13. The summed E-state index contributed by atoms with van der Waals surface area (Å²) in [5, 5.41) is 4.42. The zero-order chi connectivity index (χ0) is 11.0. The molecule has 1 saturated heterocycles. The van der Waals surface area contributed by atoms with E-state index in [1.54, 1.807) is 4.52 Å². The largest absolute Gasteiger partial charge is 0.396 e. The Morgan fingerprint density at radius 3 is 2.88 bits per heavy atom. The third-order valence-electron chi connectivity index (χ3n) is 3.00. The van der Waals surface area contributed by atoms with E-state index in [0.717, 1.165) is 31.1 Å². The minimum absolute atomic E-state index is 0.683. The van der Waals surface area contributed by atoms with Gasteiger partial charge in [-0.2, -0.15) is 0 Å². The maximum absolute atomic E-state index is 5.84. The van der Waals surface area contributed by atoms with Gasteiger partial charge >= 0.3 is 0 Å². The molecular weight excluding hydrogens is 202 g/mol. The van der Waals surface area contributed by atoms with Crippen molar-refractivity contribution >= 4 is 11.3 Å². The molecule has 2 aromatic heterocycles. The minimum atomic E-state index is 0.683. The second-order valence-corrected chi connectivity index (χ2v) is 4.24. The molecule has 3 rings (SSSR count). The fraction of sp³-hybridized carbons (Fsp3) is 0.455. The number of aromatic nitrogens is 3. The average molecular weight is 217 g/mol. The summed E-state index contributed by atoms with van der Waals surface area (Å²) in [6, 6.07) is 3.74. The van der Waals surface area contributed by atoms with Crippen LogP contribution in [0, 0.1) is 0 Å². The first-order chi connectivity index (χ1) is 7.83. The van der Waals surface area contributed by atoms with Gasteiger partial charge in [-0.25, -0.2) is 9.50 Å². The van der Waals surface area contributed by atoms with Crippen LogP contribution in [0.15, 0.2) is 18.3 Å². The second-order valence-electron chi connectivity index (χ2n) is 4.24. The molecule has 1 aliphatic rings. The van der Waals surface area contributed by atoms with Gasteiger partial charge < -0.3 is 5.73 Å². The Kier molecular flexibility index (Phi) is 2.25. The summed E-state index contributed by atoms with van der Waals surface area (Å²) in [6.07, 6.45) is 4.46. The molecule has 0 radical (unpaired) electrons. The number of nitrogens with two attached hydrogens (primary N) is 1. The van der Waals surface area contributed by atoms with Crippen molar-refractivity contribution in [1.82, 2.24) is 19.5 Å². The van der Waals surface area contributed by atoms with Gasteiger partial charge in [-0.15, -0.1) is 5.10 Å². The van der Waals surface area contributed by atoms with Crippen LogP contribution in [-0.4, -0.2) is 32.6 Å². The number of nitrogen functional groups attached to an aromatic ring is 1. The van der Waals surface area contributed by atoms with Gasteiger partial charge in [0.05, 0.1) is 12.2 Å². The number of fused-ring (bicyclic) bond motifs is 1. The van der Waals surface area contributed by atoms with Crippen LogP contribution >= 0.6 is 0 Å². The van der Waals surface area contributed by atoms with E-state index in [2.05, 4.69) is 15.0 Å². The summed E-state index contributed by atoms with van der Waals surface area (Å²) in [7, 11) is 0. The van der Waals surface area contributed by atoms with E-state index >= 15 is 0 Å². The Balaban J connectivity index is 1.90. The van der Waals surface area contributed by atoms with E-state index < -0.39 is 0 Å². The lowest BCUT2D eigenvalue weighted by Gasteiger charge is -2.10. The molecule has 0 saturated carbocycles. The molecule has 0 aromatic carbocycles. The zero-order valence-corrected chi connectivity index (χ0v) is 9.13. The topological polar surface area (TPSA) is 59.5 Å². The first kappa shape index (κ1) is 9.59. The van der Waals surface area contributed by atoms with Crippen LogP contribution in [0.3, 0.4) is 0 Å². The molecule has 0 bridgehead atoms. The summed E-state index contributed by atoms with van der Waals surface area (Å²) >= 11 is 0. The van der Waals surface area contributed by atoms with Crippen molar-refractivity contribution in [1.29, 1.82) is 0 Å². The Morgan fingerprint density at radius 2 is 2.12 bits per heavy atom. The van der Waals surface area contributed by atoms with Crippen LogP contribution < -0.4 is 5.73 Å². The van der Waals surface area contributed by atoms with Crippen molar-refractivity contribution in [2.45, 2.75) is 19.4 Å². The van der Waals surface area contributed by atoms with Crippen molar-refractivity contribution in [3.05, 3.63) is 24.2 Å². The van der Waals surface area contributed by atoms with Crippen LogP contribution in [0.2, 0.25) is 0 Å². The Bertz CT molecular complexity index is 498. The summed E-state index contributed by atoms with van der Waals surface area (Å²) < 4.78 is 1.75. The van der Waals surface area contributed by atoms with Crippen LogP contribution in [-0.2, 0) is 6.54 Å². The Morgan fingerprint density at radius 1 is 1.31 bits per heavy atom. The smallest absolute Gasteiger partial charge is 0.178 e. The fourth-order valence-electron chi connectivity index (χ4n) is 2.18. The van der Waals surface area contributed by atoms with E-state index in [4.69, 9.17) is 5.73 Å². The number of pyridine rings is 1. The standard InChI is InChI=1S/C11H15N5/c12-9-4-3-7-16-11(9)13-10(14-16)8-15-5-1-2-6-15/h3-4,7H,1-2,5-6,8,12H2. The van der Waals surface area contributed by atoms with E-state index in [1.165, 1.54) is 12.8 Å². The van der Waals surface area contributed by atoms with Gasteiger partial charge in [-0.05, 0) is 38.1 Å². The molecule has 2 aromatic rings. The summed E-state index contributed by atoms with van der Waals surface area (Å²) in [5.41, 5.74) is 7.28. The Hall–Kier alpha value is -1.62. The quantitative estimate of drug-likeness (QED) is 0.812. The molecule has 1 fully saturated rings. The molecule has 0 unspecified atom stereocenters. The summed E-state index contributed by atoms with van der Waals surface area (Å²) in [6.45, 7) is 3.15. The van der Waals surface area contributed by atoms with Gasteiger partial charge in [0.15, 0.2) is 11.5 Å². The van der Waals surface area contributed by atoms with Gasteiger partial charge in [-0.1, -0.05) is 0 Å². The maximum Gasteiger partial charge on any atom is 0.178 e. The fourth-order valence-corrected chi connectivity index (χ4v) is 2.18. The summed E-state index contributed by atoms with van der Waals surface area (Å²) in [5.74, 6) is 0.861. The van der Waals surface area contributed by atoms with Gasteiger partial charge in [0.2, 0.25) is 0 Å². The molecule has 84 valence electrons. The minimum Gasteiger partial charge on any atom is -0.396 e. The van der Waals surface area contributed by atoms with E-state index in [-0.39, 0.29) is 0 Å². The lowest BCUT2D eigenvalue weighted by molar-refractivity contribution is 0.322. The molecule has 5 heteroatoms. The maximum atomic E-state index is 5.84. The van der Waals surface area contributed by atoms with Crippen LogP contribution in [0.1, 0.15) is 18.7 Å². The highest BCUT2D eigenvalue weighted by atomic mass is 15.3. The first-order valence-corrected chi connectivity index (χ1v) is 5.65. The molecule has 5 nitrogen and oxygen atoms in total. The SMILES string of the molecule is Nc1cccn2nc(CN3CCCC3)nc12. The first-order valence-electron chi connectivity index (χ1n) is 5.65. The molecule has 3 heterocycles. The highest BCUT2D eigenvalue weighted by Crippen LogP contribution is 2.13. The second kappa shape index (κ2) is 3.75. The molecule has 1 aliphatic heterocycles. The van der Waals surface area contributed by atoms with Crippen molar-refractivity contribution in [2.75, 3.05) is 18.8 Å². The van der Waals surface area contributed by atoms with Gasteiger partial charge in [0.1, 0.15) is 0 Å². The Labute approximate surface area is 93.9 Å². The summed E-state index contributed by atoms with van der Waals surface area (Å²) in [4.78, 5) is 6.84. The molecule has 0 amide bonds. The highest BCUT2D eigenvalue weighted by Gasteiger charge is 2.14. The van der Waals surface area contributed by atoms with Gasteiger partial charge in [-0.3, -0.25) is 4.90 Å². The number of hydrogen-bond acceptors (Lipinski definition) is 4. The van der Waals surface area contributed by atoms with Crippen molar-refractivity contribution in [3.8, 4) is 0 Å². The number of nitrogens with zero attached hydrogens (tertiary/aromatic N) is 4. The van der Waals surface area contributed by atoms with Crippen LogP contribution in [0.5, 0.6) is 0 Å². The lowest BCUT2D eigenvalue weighted by atomic mass is 10.4. The van der Waals surface area contributed by atoms with Gasteiger partial charge in [0, 0.05) is 6.20 Å². The normalized spacial score (nSPS) is 17.2.